The Morgan fingerprint density at radius 2 is 2.38 bits per heavy atom. The van der Waals surface area contributed by atoms with Crippen LogP contribution in [0.1, 0.15) is 20.3 Å². The maximum Gasteiger partial charge on any atom is 0.242 e. The Bertz CT molecular complexity index is 357. The standard InChI is InChI=1S/C11H16ClN3O/c1-3-5-14-11(16)8(2)15-10-4-6-13-7-9(10)12/h4,6-8H,3,5H2,1-2H3,(H,13,15)(H,14,16). The van der Waals surface area contributed by atoms with Crippen LogP contribution in [0.5, 0.6) is 0 Å². The van der Waals surface area contributed by atoms with E-state index in [9.17, 15) is 4.79 Å². The zero-order chi connectivity index (χ0) is 12.0. The van der Waals surface area contributed by atoms with Crippen molar-refractivity contribution in [2.45, 2.75) is 26.3 Å². The third-order valence-electron chi connectivity index (χ3n) is 2.09. The van der Waals surface area contributed by atoms with Gasteiger partial charge in [0, 0.05) is 18.9 Å². The first-order valence-corrected chi connectivity index (χ1v) is 5.66. The maximum atomic E-state index is 11.6. The van der Waals surface area contributed by atoms with Gasteiger partial charge in [-0.2, -0.15) is 0 Å². The van der Waals surface area contributed by atoms with Crippen LogP contribution in [0.15, 0.2) is 18.5 Å². The molecular weight excluding hydrogens is 226 g/mol. The lowest BCUT2D eigenvalue weighted by atomic mass is 10.3. The molecule has 0 fully saturated rings. The number of anilines is 1. The molecule has 1 atom stereocenters. The number of amides is 1. The van der Waals surface area contributed by atoms with E-state index in [0.29, 0.717) is 11.6 Å². The molecule has 1 heterocycles. The van der Waals surface area contributed by atoms with Gasteiger partial charge in [0.2, 0.25) is 5.91 Å². The summed E-state index contributed by atoms with van der Waals surface area (Å²) >= 11 is 5.92. The van der Waals surface area contributed by atoms with Crippen LogP contribution < -0.4 is 10.6 Å². The molecule has 2 N–H and O–H groups in total. The first-order chi connectivity index (χ1) is 7.65. The van der Waals surface area contributed by atoms with Crippen molar-refractivity contribution >= 4 is 23.2 Å². The maximum absolute atomic E-state index is 11.6. The molecule has 0 aliphatic rings. The number of carbonyl (C=O) groups is 1. The summed E-state index contributed by atoms with van der Waals surface area (Å²) in [6.07, 6.45) is 4.10. The van der Waals surface area contributed by atoms with Crippen molar-refractivity contribution in [3.63, 3.8) is 0 Å². The number of nitrogens with zero attached hydrogens (tertiary/aromatic N) is 1. The number of hydrogen-bond donors (Lipinski definition) is 2. The summed E-state index contributed by atoms with van der Waals surface area (Å²) in [5.41, 5.74) is 0.718. The highest BCUT2D eigenvalue weighted by molar-refractivity contribution is 6.33. The molecule has 1 rings (SSSR count). The lowest BCUT2D eigenvalue weighted by molar-refractivity contribution is -0.121. The van der Waals surface area contributed by atoms with Crippen molar-refractivity contribution in [1.82, 2.24) is 10.3 Å². The number of rotatable bonds is 5. The summed E-state index contributed by atoms with van der Waals surface area (Å²) in [5, 5.41) is 6.36. The number of halogens is 1. The fourth-order valence-electron chi connectivity index (χ4n) is 1.19. The van der Waals surface area contributed by atoms with Crippen LogP contribution in [0, 0.1) is 0 Å². The van der Waals surface area contributed by atoms with E-state index in [1.54, 1.807) is 25.4 Å². The van der Waals surface area contributed by atoms with Gasteiger partial charge >= 0.3 is 0 Å². The second-order valence-corrected chi connectivity index (χ2v) is 3.92. The molecular formula is C11H16ClN3O. The predicted molar refractivity (Wildman–Crippen MR) is 65.6 cm³/mol. The van der Waals surface area contributed by atoms with Gasteiger partial charge in [0.25, 0.3) is 0 Å². The summed E-state index contributed by atoms with van der Waals surface area (Å²) < 4.78 is 0. The number of hydrogen-bond acceptors (Lipinski definition) is 3. The average molecular weight is 242 g/mol. The van der Waals surface area contributed by atoms with E-state index in [0.717, 1.165) is 12.1 Å². The second kappa shape index (κ2) is 6.33. The van der Waals surface area contributed by atoms with Crippen molar-refractivity contribution in [2.24, 2.45) is 0 Å². The van der Waals surface area contributed by atoms with Gasteiger partial charge in [-0.3, -0.25) is 9.78 Å². The molecule has 0 saturated carbocycles. The molecule has 0 radical (unpaired) electrons. The Labute approximate surface area is 100 Å². The third-order valence-corrected chi connectivity index (χ3v) is 2.39. The van der Waals surface area contributed by atoms with Gasteiger partial charge in [-0.25, -0.2) is 0 Å². The molecule has 0 saturated heterocycles. The van der Waals surface area contributed by atoms with Crippen LogP contribution in [-0.4, -0.2) is 23.5 Å². The van der Waals surface area contributed by atoms with E-state index in [1.165, 1.54) is 0 Å². The second-order valence-electron chi connectivity index (χ2n) is 3.51. The summed E-state index contributed by atoms with van der Waals surface area (Å²) in [5.74, 6) is -0.0327. The monoisotopic (exact) mass is 241 g/mol. The predicted octanol–water partition coefficient (Wildman–Crippen LogP) is 2.06. The average Bonchev–Trinajstić information content (AvgIpc) is 2.28. The van der Waals surface area contributed by atoms with Crippen LogP contribution in [0.25, 0.3) is 0 Å². The molecule has 0 spiro atoms. The summed E-state index contributed by atoms with van der Waals surface area (Å²) in [7, 11) is 0. The van der Waals surface area contributed by atoms with Crippen LogP contribution in [0.3, 0.4) is 0 Å². The topological polar surface area (TPSA) is 54.0 Å². The van der Waals surface area contributed by atoms with E-state index in [1.807, 2.05) is 6.92 Å². The highest BCUT2D eigenvalue weighted by Crippen LogP contribution is 2.19. The minimum atomic E-state index is -0.313. The fraction of sp³-hybridized carbons (Fsp3) is 0.455. The van der Waals surface area contributed by atoms with Gasteiger partial charge in [-0.05, 0) is 19.4 Å². The van der Waals surface area contributed by atoms with Crippen LogP contribution >= 0.6 is 11.6 Å². The smallest absolute Gasteiger partial charge is 0.242 e. The van der Waals surface area contributed by atoms with E-state index < -0.39 is 0 Å². The van der Waals surface area contributed by atoms with Gasteiger partial charge in [0.05, 0.1) is 10.7 Å². The number of pyridine rings is 1. The number of nitrogens with one attached hydrogen (secondary N) is 2. The van der Waals surface area contributed by atoms with Crippen molar-refractivity contribution < 1.29 is 4.79 Å². The Kier molecular flexibility index (Phi) is 5.05. The Hall–Kier alpha value is -1.29. The molecule has 0 aromatic carbocycles. The lowest BCUT2D eigenvalue weighted by Gasteiger charge is -2.15. The number of aromatic nitrogens is 1. The molecule has 5 heteroatoms. The zero-order valence-corrected chi connectivity index (χ0v) is 10.2. The van der Waals surface area contributed by atoms with Gasteiger partial charge < -0.3 is 10.6 Å². The van der Waals surface area contributed by atoms with Crippen molar-refractivity contribution in [3.05, 3.63) is 23.5 Å². The first-order valence-electron chi connectivity index (χ1n) is 5.29. The quantitative estimate of drug-likeness (QED) is 0.830. The van der Waals surface area contributed by atoms with Crippen LogP contribution in [-0.2, 0) is 4.79 Å². The van der Waals surface area contributed by atoms with Crippen molar-refractivity contribution in [2.75, 3.05) is 11.9 Å². The summed E-state index contributed by atoms with van der Waals surface area (Å²) in [4.78, 5) is 15.5. The first kappa shape index (κ1) is 12.8. The molecule has 1 aromatic rings. The minimum Gasteiger partial charge on any atom is -0.373 e. The zero-order valence-electron chi connectivity index (χ0n) is 9.46. The Balaban J connectivity index is 2.54. The van der Waals surface area contributed by atoms with Gasteiger partial charge in [0.1, 0.15) is 6.04 Å². The van der Waals surface area contributed by atoms with Gasteiger partial charge in [-0.1, -0.05) is 18.5 Å². The summed E-state index contributed by atoms with van der Waals surface area (Å²) in [6.45, 7) is 4.49. The van der Waals surface area contributed by atoms with Crippen molar-refractivity contribution in [1.29, 1.82) is 0 Å². The molecule has 0 aliphatic heterocycles. The van der Waals surface area contributed by atoms with Gasteiger partial charge in [0.15, 0.2) is 0 Å². The lowest BCUT2D eigenvalue weighted by Crippen LogP contribution is -2.37. The fourth-order valence-corrected chi connectivity index (χ4v) is 1.37. The van der Waals surface area contributed by atoms with E-state index in [4.69, 9.17) is 11.6 Å². The number of carbonyl (C=O) groups excluding carboxylic acids is 1. The highest BCUT2D eigenvalue weighted by Gasteiger charge is 2.12. The van der Waals surface area contributed by atoms with E-state index in [2.05, 4.69) is 15.6 Å². The Morgan fingerprint density at radius 3 is 3.00 bits per heavy atom. The molecule has 0 aliphatic carbocycles. The molecule has 1 unspecified atom stereocenters. The molecule has 0 bridgehead atoms. The minimum absolute atomic E-state index is 0.0327. The molecule has 1 amide bonds. The largest absolute Gasteiger partial charge is 0.373 e. The molecule has 1 aromatic heterocycles. The van der Waals surface area contributed by atoms with E-state index in [-0.39, 0.29) is 11.9 Å². The third kappa shape index (κ3) is 3.70. The van der Waals surface area contributed by atoms with Crippen LogP contribution in [0.2, 0.25) is 5.02 Å². The molecule has 16 heavy (non-hydrogen) atoms. The normalized spacial score (nSPS) is 11.9. The highest BCUT2D eigenvalue weighted by atomic mass is 35.5. The SMILES string of the molecule is CCCNC(=O)C(C)Nc1ccncc1Cl. The van der Waals surface area contributed by atoms with Crippen LogP contribution in [0.4, 0.5) is 5.69 Å². The summed E-state index contributed by atoms with van der Waals surface area (Å²) in [6, 6.07) is 1.43. The molecule has 88 valence electrons. The molecule has 4 nitrogen and oxygen atoms in total. The Morgan fingerprint density at radius 1 is 1.62 bits per heavy atom. The van der Waals surface area contributed by atoms with Crippen molar-refractivity contribution in [3.8, 4) is 0 Å². The van der Waals surface area contributed by atoms with Gasteiger partial charge in [-0.15, -0.1) is 0 Å². The van der Waals surface area contributed by atoms with E-state index >= 15 is 0 Å².